The van der Waals surface area contributed by atoms with Crippen LogP contribution in [0.1, 0.15) is 49.1 Å². The number of hydrogen-bond acceptors (Lipinski definition) is 4. The van der Waals surface area contributed by atoms with Gasteiger partial charge in [0.2, 0.25) is 0 Å². The molecule has 2 heterocycles. The zero-order valence-corrected chi connectivity index (χ0v) is 15.0. The maximum atomic E-state index is 5.57. The van der Waals surface area contributed by atoms with E-state index in [9.17, 15) is 0 Å². The molecule has 1 aromatic heterocycles. The summed E-state index contributed by atoms with van der Waals surface area (Å²) in [6.45, 7) is 10.3. The van der Waals surface area contributed by atoms with Crippen molar-refractivity contribution in [2.45, 2.75) is 58.0 Å². The topological polar surface area (TPSA) is 42.3 Å². The van der Waals surface area contributed by atoms with Gasteiger partial charge < -0.3 is 10.1 Å². The van der Waals surface area contributed by atoms with Crippen LogP contribution in [0.25, 0.3) is 0 Å². The Morgan fingerprint density at radius 1 is 1.13 bits per heavy atom. The van der Waals surface area contributed by atoms with Gasteiger partial charge in [0.05, 0.1) is 18.9 Å². The van der Waals surface area contributed by atoms with Crippen LogP contribution in [-0.4, -0.2) is 53.1 Å². The summed E-state index contributed by atoms with van der Waals surface area (Å²) in [5, 5.41) is 8.30. The first kappa shape index (κ1) is 16.9. The Kier molecular flexibility index (Phi) is 5.39. The highest BCUT2D eigenvalue weighted by atomic mass is 16.5. The molecule has 5 nitrogen and oxygen atoms in total. The summed E-state index contributed by atoms with van der Waals surface area (Å²) in [7, 11) is 2.03. The Morgan fingerprint density at radius 2 is 1.83 bits per heavy atom. The van der Waals surface area contributed by atoms with E-state index in [-0.39, 0.29) is 0 Å². The van der Waals surface area contributed by atoms with E-state index in [0.717, 1.165) is 45.1 Å². The van der Waals surface area contributed by atoms with Gasteiger partial charge in [-0.1, -0.05) is 19.3 Å². The van der Waals surface area contributed by atoms with Gasteiger partial charge in [-0.15, -0.1) is 0 Å². The largest absolute Gasteiger partial charge is 0.379 e. The standard InChI is InChI=1S/C18H32N4O/c1-15-17(16(2)21(3)20-15)13-19-14-18(7-5-4-6-8-18)22-9-11-23-12-10-22/h19H,4-14H2,1-3H3. The number of ether oxygens (including phenoxy) is 1. The molecule has 0 amide bonds. The molecule has 1 N–H and O–H groups in total. The normalized spacial score (nSPS) is 22.4. The second-order valence-corrected chi connectivity index (χ2v) is 7.26. The van der Waals surface area contributed by atoms with Gasteiger partial charge >= 0.3 is 0 Å². The number of rotatable bonds is 5. The van der Waals surface area contributed by atoms with Crippen LogP contribution in [0, 0.1) is 13.8 Å². The lowest BCUT2D eigenvalue weighted by Crippen LogP contribution is -2.59. The monoisotopic (exact) mass is 320 g/mol. The van der Waals surface area contributed by atoms with Gasteiger partial charge in [0.15, 0.2) is 0 Å². The van der Waals surface area contributed by atoms with E-state index in [4.69, 9.17) is 4.74 Å². The van der Waals surface area contributed by atoms with Crippen LogP contribution in [0.2, 0.25) is 0 Å². The first-order valence-corrected chi connectivity index (χ1v) is 9.15. The van der Waals surface area contributed by atoms with Crippen LogP contribution in [0.3, 0.4) is 0 Å². The van der Waals surface area contributed by atoms with Crippen molar-refractivity contribution in [1.82, 2.24) is 20.0 Å². The summed E-state index contributed by atoms with van der Waals surface area (Å²) < 4.78 is 7.56. The summed E-state index contributed by atoms with van der Waals surface area (Å²) in [5.74, 6) is 0. The number of hydrogen-bond donors (Lipinski definition) is 1. The molecule has 1 saturated carbocycles. The highest BCUT2D eigenvalue weighted by Gasteiger charge is 2.38. The van der Waals surface area contributed by atoms with Crippen molar-refractivity contribution in [3.8, 4) is 0 Å². The molecule has 5 heteroatoms. The SMILES string of the molecule is Cc1nn(C)c(C)c1CNCC1(N2CCOCC2)CCCCC1. The molecule has 0 spiro atoms. The predicted octanol–water partition coefficient (Wildman–Crippen LogP) is 2.16. The fraction of sp³-hybridized carbons (Fsp3) is 0.833. The third kappa shape index (κ3) is 3.62. The lowest BCUT2D eigenvalue weighted by molar-refractivity contribution is -0.0369. The van der Waals surface area contributed by atoms with Crippen molar-refractivity contribution < 1.29 is 4.74 Å². The molecule has 3 rings (SSSR count). The van der Waals surface area contributed by atoms with Gasteiger partial charge in [-0.3, -0.25) is 9.58 Å². The van der Waals surface area contributed by atoms with E-state index in [0.29, 0.717) is 5.54 Å². The van der Waals surface area contributed by atoms with Crippen molar-refractivity contribution in [2.24, 2.45) is 7.05 Å². The van der Waals surface area contributed by atoms with E-state index in [1.54, 1.807) is 0 Å². The lowest BCUT2D eigenvalue weighted by Gasteiger charge is -2.48. The maximum absolute atomic E-state index is 5.57. The van der Waals surface area contributed by atoms with Crippen molar-refractivity contribution in [1.29, 1.82) is 0 Å². The molecule has 1 aliphatic heterocycles. The number of aromatic nitrogens is 2. The minimum atomic E-state index is 0.339. The van der Waals surface area contributed by atoms with Crippen molar-refractivity contribution in [3.05, 3.63) is 17.0 Å². The highest BCUT2D eigenvalue weighted by Crippen LogP contribution is 2.34. The van der Waals surface area contributed by atoms with Crippen LogP contribution >= 0.6 is 0 Å². The van der Waals surface area contributed by atoms with Crippen molar-refractivity contribution in [3.63, 3.8) is 0 Å². The van der Waals surface area contributed by atoms with Gasteiger partial charge in [-0.05, 0) is 26.7 Å². The van der Waals surface area contributed by atoms with Crippen LogP contribution < -0.4 is 5.32 Å². The average molecular weight is 320 g/mol. The summed E-state index contributed by atoms with van der Waals surface area (Å²) in [6, 6.07) is 0. The molecular formula is C18H32N4O. The number of aryl methyl sites for hydroxylation is 2. The van der Waals surface area contributed by atoms with E-state index in [1.807, 2.05) is 11.7 Å². The quantitative estimate of drug-likeness (QED) is 0.903. The first-order chi connectivity index (χ1) is 11.1. The third-order valence-corrected chi connectivity index (χ3v) is 5.88. The fourth-order valence-corrected chi connectivity index (χ4v) is 4.35. The van der Waals surface area contributed by atoms with Crippen LogP contribution in [0.4, 0.5) is 0 Å². The highest BCUT2D eigenvalue weighted by molar-refractivity contribution is 5.24. The molecule has 0 aromatic carbocycles. The molecule has 130 valence electrons. The van der Waals surface area contributed by atoms with Crippen molar-refractivity contribution in [2.75, 3.05) is 32.8 Å². The third-order valence-electron chi connectivity index (χ3n) is 5.88. The predicted molar refractivity (Wildman–Crippen MR) is 92.6 cm³/mol. The maximum Gasteiger partial charge on any atom is 0.0641 e. The van der Waals surface area contributed by atoms with E-state index in [2.05, 4.69) is 29.2 Å². The minimum absolute atomic E-state index is 0.339. The molecule has 0 bridgehead atoms. The number of morpholine rings is 1. The van der Waals surface area contributed by atoms with Gasteiger partial charge in [-0.2, -0.15) is 5.10 Å². The van der Waals surface area contributed by atoms with E-state index >= 15 is 0 Å². The molecule has 23 heavy (non-hydrogen) atoms. The van der Waals surface area contributed by atoms with Gasteiger partial charge in [0.1, 0.15) is 0 Å². The minimum Gasteiger partial charge on any atom is -0.379 e. The molecule has 1 aromatic rings. The number of nitrogens with one attached hydrogen (secondary N) is 1. The second kappa shape index (κ2) is 7.32. The van der Waals surface area contributed by atoms with Crippen molar-refractivity contribution >= 4 is 0 Å². The second-order valence-electron chi connectivity index (χ2n) is 7.26. The van der Waals surface area contributed by atoms with Crippen LogP contribution in [-0.2, 0) is 18.3 Å². The average Bonchev–Trinajstić information content (AvgIpc) is 2.83. The van der Waals surface area contributed by atoms with Gasteiger partial charge in [0.25, 0.3) is 0 Å². The summed E-state index contributed by atoms with van der Waals surface area (Å²) in [6.07, 6.45) is 6.77. The molecule has 0 atom stereocenters. The number of nitrogens with zero attached hydrogens (tertiary/aromatic N) is 3. The molecule has 0 radical (unpaired) electrons. The Hall–Kier alpha value is -0.910. The van der Waals surface area contributed by atoms with Gasteiger partial charge in [0, 0.05) is 50.0 Å². The Labute approximate surface area is 140 Å². The molecule has 0 unspecified atom stereocenters. The van der Waals surface area contributed by atoms with Crippen LogP contribution in [0.5, 0.6) is 0 Å². The summed E-state index contributed by atoms with van der Waals surface area (Å²) in [4.78, 5) is 2.70. The Morgan fingerprint density at radius 3 is 2.43 bits per heavy atom. The van der Waals surface area contributed by atoms with Gasteiger partial charge in [-0.25, -0.2) is 0 Å². The fourth-order valence-electron chi connectivity index (χ4n) is 4.35. The lowest BCUT2D eigenvalue weighted by atomic mass is 9.79. The molecule has 2 aliphatic rings. The van der Waals surface area contributed by atoms with Crippen LogP contribution in [0.15, 0.2) is 0 Å². The molecular weight excluding hydrogens is 288 g/mol. The zero-order chi connectivity index (χ0) is 16.3. The molecule has 1 saturated heterocycles. The summed E-state index contributed by atoms with van der Waals surface area (Å²) >= 11 is 0. The Bertz CT molecular complexity index is 513. The first-order valence-electron chi connectivity index (χ1n) is 9.15. The Balaban J connectivity index is 1.64. The smallest absolute Gasteiger partial charge is 0.0641 e. The zero-order valence-electron chi connectivity index (χ0n) is 15.0. The molecule has 1 aliphatic carbocycles. The summed E-state index contributed by atoms with van der Waals surface area (Å²) in [5.41, 5.74) is 4.13. The van der Waals surface area contributed by atoms with E-state index in [1.165, 1.54) is 43.4 Å². The molecule has 2 fully saturated rings. The van der Waals surface area contributed by atoms with E-state index < -0.39 is 0 Å².